The molecule has 23 heavy (non-hydrogen) atoms. The highest BCUT2D eigenvalue weighted by atomic mass is 16.5. The molecular weight excluding hydrogens is 294 g/mol. The summed E-state index contributed by atoms with van der Waals surface area (Å²) in [6, 6.07) is 0. The Kier molecular flexibility index (Phi) is 7.35. The molecule has 0 aromatic carbocycles. The third-order valence-electron chi connectivity index (χ3n) is 4.04. The van der Waals surface area contributed by atoms with Crippen molar-refractivity contribution in [1.82, 2.24) is 20.0 Å². The molecule has 0 aliphatic carbocycles. The Bertz CT molecular complexity index is 489. The second-order valence-corrected chi connectivity index (χ2v) is 5.91. The van der Waals surface area contributed by atoms with Crippen LogP contribution in [0.1, 0.15) is 12.0 Å². The zero-order valence-corrected chi connectivity index (χ0v) is 14.5. The fraction of sp³-hybridized carbons (Fsp3) is 0.750. The zero-order valence-electron chi connectivity index (χ0n) is 14.5. The number of methoxy groups -OCH3 is 1. The standard InChI is InChI=1S/C16H29N5O2/c1-17-16(18-6-4-14-10-19-20(2)11-14)21-7-5-15(12-21)13-23-9-8-22-3/h10-11,15H,4-9,12-13H2,1-3H3,(H,17,18). The molecule has 1 unspecified atom stereocenters. The van der Waals surface area contributed by atoms with E-state index in [2.05, 4.69) is 20.3 Å². The van der Waals surface area contributed by atoms with Gasteiger partial charge in [0.05, 0.1) is 26.0 Å². The number of ether oxygens (including phenoxy) is 2. The fourth-order valence-corrected chi connectivity index (χ4v) is 2.81. The molecule has 2 rings (SSSR count). The van der Waals surface area contributed by atoms with E-state index in [0.717, 1.165) is 45.0 Å². The van der Waals surface area contributed by atoms with Gasteiger partial charge >= 0.3 is 0 Å². The van der Waals surface area contributed by atoms with Crippen molar-refractivity contribution in [1.29, 1.82) is 0 Å². The number of guanidine groups is 1. The highest BCUT2D eigenvalue weighted by molar-refractivity contribution is 5.80. The lowest BCUT2D eigenvalue weighted by Gasteiger charge is -2.21. The lowest BCUT2D eigenvalue weighted by molar-refractivity contribution is 0.0536. The van der Waals surface area contributed by atoms with E-state index < -0.39 is 0 Å². The lowest BCUT2D eigenvalue weighted by Crippen LogP contribution is -2.41. The maximum Gasteiger partial charge on any atom is 0.193 e. The molecule has 1 aromatic rings. The largest absolute Gasteiger partial charge is 0.382 e. The average Bonchev–Trinajstić information content (AvgIpc) is 3.17. The second kappa shape index (κ2) is 9.52. The van der Waals surface area contributed by atoms with Crippen LogP contribution < -0.4 is 5.32 Å². The predicted octanol–water partition coefficient (Wildman–Crippen LogP) is 0.523. The van der Waals surface area contributed by atoms with Crippen molar-refractivity contribution < 1.29 is 9.47 Å². The summed E-state index contributed by atoms with van der Waals surface area (Å²) in [4.78, 5) is 6.71. The summed E-state index contributed by atoms with van der Waals surface area (Å²) in [6.07, 6.45) is 6.06. The van der Waals surface area contributed by atoms with E-state index in [0.29, 0.717) is 19.1 Å². The van der Waals surface area contributed by atoms with E-state index in [1.165, 1.54) is 5.56 Å². The van der Waals surface area contributed by atoms with Crippen LogP contribution in [0.25, 0.3) is 0 Å². The van der Waals surface area contributed by atoms with E-state index in [-0.39, 0.29) is 0 Å². The highest BCUT2D eigenvalue weighted by Crippen LogP contribution is 2.16. The molecule has 0 spiro atoms. The first-order chi connectivity index (χ1) is 11.2. The Morgan fingerprint density at radius 1 is 1.48 bits per heavy atom. The van der Waals surface area contributed by atoms with Crippen molar-refractivity contribution >= 4 is 5.96 Å². The number of hydrogen-bond donors (Lipinski definition) is 1. The molecule has 0 bridgehead atoms. The number of rotatable bonds is 8. The van der Waals surface area contributed by atoms with Gasteiger partial charge in [-0.05, 0) is 18.4 Å². The highest BCUT2D eigenvalue weighted by Gasteiger charge is 2.24. The number of aromatic nitrogens is 2. The van der Waals surface area contributed by atoms with Crippen LogP contribution in [0, 0.1) is 5.92 Å². The average molecular weight is 323 g/mol. The van der Waals surface area contributed by atoms with Crippen molar-refractivity contribution in [2.75, 3.05) is 53.6 Å². The Hall–Kier alpha value is -1.60. The Morgan fingerprint density at radius 2 is 2.35 bits per heavy atom. The molecule has 1 saturated heterocycles. The summed E-state index contributed by atoms with van der Waals surface area (Å²) in [5.41, 5.74) is 1.24. The van der Waals surface area contributed by atoms with Gasteiger partial charge in [0, 0.05) is 53.0 Å². The molecule has 1 atom stereocenters. The van der Waals surface area contributed by atoms with E-state index in [9.17, 15) is 0 Å². The number of aryl methyl sites for hydroxylation is 1. The van der Waals surface area contributed by atoms with Gasteiger partial charge in [-0.25, -0.2) is 0 Å². The smallest absolute Gasteiger partial charge is 0.193 e. The Balaban J connectivity index is 1.67. The first-order valence-corrected chi connectivity index (χ1v) is 8.22. The molecule has 7 heteroatoms. The Morgan fingerprint density at radius 3 is 3.04 bits per heavy atom. The van der Waals surface area contributed by atoms with Crippen LogP contribution in [0.5, 0.6) is 0 Å². The van der Waals surface area contributed by atoms with Crippen molar-refractivity contribution in [3.8, 4) is 0 Å². The van der Waals surface area contributed by atoms with E-state index in [4.69, 9.17) is 9.47 Å². The normalized spacial score (nSPS) is 18.7. The Labute approximate surface area is 138 Å². The SMILES string of the molecule is CN=C(NCCc1cnn(C)c1)N1CCC(COCCOC)C1. The van der Waals surface area contributed by atoms with Gasteiger partial charge < -0.3 is 19.7 Å². The van der Waals surface area contributed by atoms with Gasteiger partial charge in [-0.3, -0.25) is 9.67 Å². The van der Waals surface area contributed by atoms with E-state index in [1.54, 1.807) is 7.11 Å². The van der Waals surface area contributed by atoms with Crippen molar-refractivity contribution in [2.24, 2.45) is 18.0 Å². The van der Waals surface area contributed by atoms with Crippen LogP contribution in [0.2, 0.25) is 0 Å². The van der Waals surface area contributed by atoms with E-state index >= 15 is 0 Å². The first kappa shape index (κ1) is 17.7. The van der Waals surface area contributed by atoms with Crippen LogP contribution in [0.3, 0.4) is 0 Å². The minimum Gasteiger partial charge on any atom is -0.382 e. The molecule has 0 amide bonds. The molecular formula is C16H29N5O2. The molecule has 1 N–H and O–H groups in total. The summed E-state index contributed by atoms with van der Waals surface area (Å²) >= 11 is 0. The quantitative estimate of drug-likeness (QED) is 0.429. The molecule has 1 aliphatic heterocycles. The summed E-state index contributed by atoms with van der Waals surface area (Å²) in [5.74, 6) is 1.55. The molecule has 2 heterocycles. The monoisotopic (exact) mass is 323 g/mol. The van der Waals surface area contributed by atoms with Gasteiger partial charge in [-0.1, -0.05) is 0 Å². The van der Waals surface area contributed by atoms with Gasteiger partial charge in [-0.2, -0.15) is 5.10 Å². The molecule has 1 fully saturated rings. The number of nitrogens with one attached hydrogen (secondary N) is 1. The van der Waals surface area contributed by atoms with Crippen molar-refractivity contribution in [3.63, 3.8) is 0 Å². The molecule has 0 saturated carbocycles. The minimum absolute atomic E-state index is 0.573. The van der Waals surface area contributed by atoms with Crippen LogP contribution >= 0.6 is 0 Å². The van der Waals surface area contributed by atoms with Gasteiger partial charge in [0.15, 0.2) is 5.96 Å². The number of nitrogens with zero attached hydrogens (tertiary/aromatic N) is 4. The predicted molar refractivity (Wildman–Crippen MR) is 90.6 cm³/mol. The van der Waals surface area contributed by atoms with Crippen molar-refractivity contribution in [3.05, 3.63) is 18.0 Å². The van der Waals surface area contributed by atoms with Gasteiger partial charge in [0.2, 0.25) is 0 Å². The van der Waals surface area contributed by atoms with Crippen molar-refractivity contribution in [2.45, 2.75) is 12.8 Å². The summed E-state index contributed by atoms with van der Waals surface area (Å²) < 4.78 is 12.5. The topological polar surface area (TPSA) is 63.9 Å². The summed E-state index contributed by atoms with van der Waals surface area (Å²) in [6.45, 7) is 5.03. The third-order valence-corrected chi connectivity index (χ3v) is 4.04. The second-order valence-electron chi connectivity index (χ2n) is 5.91. The number of likely N-dealkylation sites (tertiary alicyclic amines) is 1. The first-order valence-electron chi connectivity index (χ1n) is 8.22. The van der Waals surface area contributed by atoms with Gasteiger partial charge in [-0.15, -0.1) is 0 Å². The van der Waals surface area contributed by atoms with Crippen LogP contribution in [0.4, 0.5) is 0 Å². The summed E-state index contributed by atoms with van der Waals surface area (Å²) in [7, 11) is 5.48. The van der Waals surface area contributed by atoms with Crippen LogP contribution in [-0.4, -0.2) is 74.3 Å². The van der Waals surface area contributed by atoms with E-state index in [1.807, 2.05) is 31.2 Å². The maximum absolute atomic E-state index is 5.64. The minimum atomic E-state index is 0.573. The molecule has 7 nitrogen and oxygen atoms in total. The third kappa shape index (κ3) is 5.84. The fourth-order valence-electron chi connectivity index (χ4n) is 2.81. The lowest BCUT2D eigenvalue weighted by atomic mass is 10.1. The summed E-state index contributed by atoms with van der Waals surface area (Å²) in [5, 5.41) is 7.63. The number of hydrogen-bond acceptors (Lipinski definition) is 4. The molecule has 1 aliphatic rings. The zero-order chi connectivity index (χ0) is 16.5. The maximum atomic E-state index is 5.64. The van der Waals surface area contributed by atoms with Crippen LogP contribution in [-0.2, 0) is 22.9 Å². The van der Waals surface area contributed by atoms with Crippen LogP contribution in [0.15, 0.2) is 17.4 Å². The number of aliphatic imine (C=N–C) groups is 1. The molecule has 0 radical (unpaired) electrons. The van der Waals surface area contributed by atoms with Gasteiger partial charge in [0.25, 0.3) is 0 Å². The van der Waals surface area contributed by atoms with Gasteiger partial charge in [0.1, 0.15) is 0 Å². The molecule has 130 valence electrons. The molecule has 1 aromatic heterocycles.